The topological polar surface area (TPSA) is 88.2 Å². The Morgan fingerprint density at radius 2 is 1.11 bits per heavy atom. The van der Waals surface area contributed by atoms with Gasteiger partial charge in [-0.2, -0.15) is 10.2 Å². The van der Waals surface area contributed by atoms with Crippen molar-refractivity contribution in [2.24, 2.45) is 0 Å². The van der Waals surface area contributed by atoms with Crippen molar-refractivity contribution < 1.29 is 36.6 Å². The molecule has 0 aliphatic heterocycles. The normalized spacial score (nSPS) is 10.9. The van der Waals surface area contributed by atoms with E-state index in [4.69, 9.17) is 9.47 Å². The summed E-state index contributed by atoms with van der Waals surface area (Å²) in [5.41, 5.74) is 0.209. The number of carbonyl (C=O) groups excluding carboxylic acids is 2. The SMILES string of the molecule is COC(=O)c1cn(-c2ccc(F)cc2F)nc1CCc1nn(-c2ccc(F)cc2F)cc1C(=O)OC. The Morgan fingerprint density at radius 1 is 0.722 bits per heavy atom. The van der Waals surface area contributed by atoms with E-state index in [0.29, 0.717) is 12.1 Å². The lowest BCUT2D eigenvalue weighted by atomic mass is 10.1. The van der Waals surface area contributed by atoms with Crippen LogP contribution in [0.15, 0.2) is 48.8 Å². The maximum absolute atomic E-state index is 14.3. The van der Waals surface area contributed by atoms with Crippen molar-refractivity contribution in [1.82, 2.24) is 19.6 Å². The van der Waals surface area contributed by atoms with Crippen molar-refractivity contribution in [3.63, 3.8) is 0 Å². The first-order chi connectivity index (χ1) is 17.2. The molecule has 0 N–H and O–H groups in total. The molecule has 2 heterocycles. The number of benzene rings is 2. The van der Waals surface area contributed by atoms with Crippen LogP contribution in [0.1, 0.15) is 32.1 Å². The van der Waals surface area contributed by atoms with Gasteiger partial charge in [0.15, 0.2) is 11.6 Å². The average Bonchev–Trinajstić information content (AvgIpc) is 3.46. The van der Waals surface area contributed by atoms with Crippen molar-refractivity contribution in [3.05, 3.63) is 94.6 Å². The fourth-order valence-electron chi connectivity index (χ4n) is 3.57. The van der Waals surface area contributed by atoms with Crippen LogP contribution in [0.3, 0.4) is 0 Å². The largest absolute Gasteiger partial charge is 0.465 e. The van der Waals surface area contributed by atoms with Gasteiger partial charge in [-0.25, -0.2) is 36.5 Å². The molecule has 0 amide bonds. The number of nitrogens with zero attached hydrogens (tertiary/aromatic N) is 4. The molecule has 2 aromatic carbocycles. The Kier molecular flexibility index (Phi) is 6.86. The third-order valence-electron chi connectivity index (χ3n) is 5.30. The summed E-state index contributed by atoms with van der Waals surface area (Å²) in [5, 5.41) is 8.48. The van der Waals surface area contributed by atoms with E-state index in [1.54, 1.807) is 0 Å². The van der Waals surface area contributed by atoms with Crippen molar-refractivity contribution >= 4 is 11.9 Å². The summed E-state index contributed by atoms with van der Waals surface area (Å²) in [4.78, 5) is 24.6. The standard InChI is InChI=1S/C24H18F4N4O4/c1-35-23(33)15-11-31(21-7-3-13(25)9-17(21)27)29-19(15)5-6-20-16(24(34)36-2)12-32(30-20)22-8-4-14(26)10-18(22)28/h3-4,7-12H,5-6H2,1-2H3. The van der Waals surface area contributed by atoms with Crippen molar-refractivity contribution in [2.75, 3.05) is 14.2 Å². The Bertz CT molecular complexity index is 1350. The smallest absolute Gasteiger partial charge is 0.341 e. The molecule has 0 saturated heterocycles. The number of hydrogen-bond acceptors (Lipinski definition) is 6. The second-order valence-corrected chi connectivity index (χ2v) is 7.54. The number of hydrogen-bond donors (Lipinski definition) is 0. The fourth-order valence-corrected chi connectivity index (χ4v) is 3.57. The lowest BCUT2D eigenvalue weighted by Crippen LogP contribution is -2.08. The minimum Gasteiger partial charge on any atom is -0.465 e. The second kappa shape index (κ2) is 10.0. The van der Waals surface area contributed by atoms with E-state index in [0.717, 1.165) is 47.8 Å². The zero-order valence-electron chi connectivity index (χ0n) is 19.0. The molecule has 0 radical (unpaired) electrons. The zero-order chi connectivity index (χ0) is 26.0. The van der Waals surface area contributed by atoms with Gasteiger partial charge in [0.25, 0.3) is 0 Å². The first kappa shape index (κ1) is 24.6. The van der Waals surface area contributed by atoms with Crippen LogP contribution < -0.4 is 0 Å². The van der Waals surface area contributed by atoms with Crippen molar-refractivity contribution in [2.45, 2.75) is 12.8 Å². The van der Waals surface area contributed by atoms with E-state index in [1.807, 2.05) is 0 Å². The van der Waals surface area contributed by atoms with Gasteiger partial charge >= 0.3 is 11.9 Å². The van der Waals surface area contributed by atoms with E-state index >= 15 is 0 Å². The molecular weight excluding hydrogens is 484 g/mol. The molecule has 186 valence electrons. The number of esters is 2. The maximum atomic E-state index is 14.3. The Labute approximate surface area is 201 Å². The summed E-state index contributed by atoms with van der Waals surface area (Å²) in [5.74, 6) is -4.83. The maximum Gasteiger partial charge on any atom is 0.341 e. The number of methoxy groups -OCH3 is 2. The molecule has 0 aliphatic carbocycles. The van der Waals surface area contributed by atoms with Gasteiger partial charge in [-0.1, -0.05) is 0 Å². The molecule has 0 unspecified atom stereocenters. The molecule has 4 aromatic rings. The summed E-state index contributed by atoms with van der Waals surface area (Å²) in [6, 6.07) is 5.77. The molecule has 0 saturated carbocycles. The highest BCUT2D eigenvalue weighted by Gasteiger charge is 2.23. The number of carbonyl (C=O) groups is 2. The van der Waals surface area contributed by atoms with Gasteiger partial charge in [0.2, 0.25) is 0 Å². The minimum atomic E-state index is -0.895. The van der Waals surface area contributed by atoms with E-state index < -0.39 is 35.2 Å². The molecule has 0 atom stereocenters. The molecule has 12 heteroatoms. The molecule has 4 rings (SSSR count). The van der Waals surface area contributed by atoms with Crippen LogP contribution in [-0.4, -0.2) is 45.7 Å². The van der Waals surface area contributed by atoms with Gasteiger partial charge in [0.05, 0.1) is 25.6 Å². The van der Waals surface area contributed by atoms with Crippen LogP contribution >= 0.6 is 0 Å². The van der Waals surface area contributed by atoms with Crippen LogP contribution in [0.4, 0.5) is 17.6 Å². The van der Waals surface area contributed by atoms with E-state index in [2.05, 4.69) is 10.2 Å². The lowest BCUT2D eigenvalue weighted by molar-refractivity contribution is 0.0589. The summed E-state index contributed by atoms with van der Waals surface area (Å²) >= 11 is 0. The third-order valence-corrected chi connectivity index (χ3v) is 5.30. The molecule has 0 aliphatic rings. The number of ether oxygens (including phenoxy) is 2. The van der Waals surface area contributed by atoms with Gasteiger partial charge in [-0.15, -0.1) is 0 Å². The molecule has 8 nitrogen and oxygen atoms in total. The van der Waals surface area contributed by atoms with E-state index in [9.17, 15) is 27.2 Å². The van der Waals surface area contributed by atoms with Crippen molar-refractivity contribution in [1.29, 1.82) is 0 Å². The Morgan fingerprint density at radius 3 is 1.44 bits per heavy atom. The molecule has 2 aromatic heterocycles. The monoisotopic (exact) mass is 502 g/mol. The summed E-state index contributed by atoms with van der Waals surface area (Å²) < 4.78 is 66.9. The molecule has 0 fully saturated rings. The third kappa shape index (κ3) is 4.83. The minimum absolute atomic E-state index is 0.0184. The molecule has 0 spiro atoms. The van der Waals surface area contributed by atoms with Crippen LogP contribution in [-0.2, 0) is 22.3 Å². The van der Waals surface area contributed by atoms with Crippen LogP contribution in [0.2, 0.25) is 0 Å². The van der Waals surface area contributed by atoms with Crippen LogP contribution in [0.25, 0.3) is 11.4 Å². The van der Waals surface area contributed by atoms with Crippen LogP contribution in [0.5, 0.6) is 0 Å². The predicted octanol–water partition coefficient (Wildman–Crippen LogP) is 3.97. The molecule has 0 bridgehead atoms. The fraction of sp³-hybridized carbons (Fsp3) is 0.167. The Hall–Kier alpha value is -4.48. The number of aromatic nitrogens is 4. The van der Waals surface area contributed by atoms with Gasteiger partial charge in [-0.3, -0.25) is 0 Å². The highest BCUT2D eigenvalue weighted by Crippen LogP contribution is 2.22. The summed E-state index contributed by atoms with van der Waals surface area (Å²) in [6.45, 7) is 0. The first-order valence-electron chi connectivity index (χ1n) is 10.5. The van der Waals surface area contributed by atoms with Gasteiger partial charge in [0.1, 0.15) is 34.1 Å². The summed E-state index contributed by atoms with van der Waals surface area (Å²) in [7, 11) is 2.33. The number of aryl methyl sites for hydroxylation is 2. The number of halogens is 4. The second-order valence-electron chi connectivity index (χ2n) is 7.54. The van der Waals surface area contributed by atoms with Crippen molar-refractivity contribution in [3.8, 4) is 11.4 Å². The lowest BCUT2D eigenvalue weighted by Gasteiger charge is -2.03. The average molecular weight is 502 g/mol. The summed E-state index contributed by atoms with van der Waals surface area (Å²) in [6.07, 6.45) is 2.55. The van der Waals surface area contributed by atoms with Gasteiger partial charge in [0, 0.05) is 24.5 Å². The van der Waals surface area contributed by atoms with Crippen LogP contribution in [0, 0.1) is 23.3 Å². The highest BCUT2D eigenvalue weighted by molar-refractivity contribution is 5.91. The van der Waals surface area contributed by atoms with E-state index in [-0.39, 0.29) is 46.7 Å². The molecule has 36 heavy (non-hydrogen) atoms. The first-order valence-corrected chi connectivity index (χ1v) is 10.5. The highest BCUT2D eigenvalue weighted by atomic mass is 19.1. The van der Waals surface area contributed by atoms with E-state index in [1.165, 1.54) is 12.4 Å². The molecular formula is C24H18F4N4O4. The Balaban J connectivity index is 1.69. The van der Waals surface area contributed by atoms with Gasteiger partial charge in [-0.05, 0) is 37.1 Å². The quantitative estimate of drug-likeness (QED) is 0.281. The number of rotatable bonds is 7. The predicted molar refractivity (Wildman–Crippen MR) is 117 cm³/mol. The zero-order valence-corrected chi connectivity index (χ0v) is 19.0. The van der Waals surface area contributed by atoms with Gasteiger partial charge < -0.3 is 9.47 Å².